The molecule has 82 valence electrons. The molecule has 0 spiro atoms. The van der Waals surface area contributed by atoms with Crippen molar-refractivity contribution < 1.29 is 8.42 Å². The van der Waals surface area contributed by atoms with Crippen molar-refractivity contribution in [2.45, 2.75) is 18.9 Å². The number of nitrogens with one attached hydrogen (secondary N) is 1. The number of sulfone groups is 1. The summed E-state index contributed by atoms with van der Waals surface area (Å²) < 4.78 is 22.6. The Bertz CT molecular complexity index is 337. The van der Waals surface area contributed by atoms with Crippen LogP contribution in [0.2, 0.25) is 0 Å². The zero-order chi connectivity index (χ0) is 11.0. The lowest BCUT2D eigenvalue weighted by atomic mass is 10.0. The number of rotatable bonds is 1. The molecule has 0 bridgehead atoms. The Balaban J connectivity index is 2.66. The van der Waals surface area contributed by atoms with Crippen LogP contribution in [0.3, 0.4) is 0 Å². The van der Waals surface area contributed by atoms with Crippen molar-refractivity contribution in [2.24, 2.45) is 0 Å². The van der Waals surface area contributed by atoms with Gasteiger partial charge in [0.05, 0.1) is 17.0 Å². The first-order chi connectivity index (χ1) is 6.24. The van der Waals surface area contributed by atoms with Gasteiger partial charge in [-0.15, -0.1) is 0 Å². The molecule has 0 aromatic heterocycles. The minimum Gasteiger partial charge on any atom is -0.356 e. The summed E-state index contributed by atoms with van der Waals surface area (Å²) in [6, 6.07) is 0. The molecule has 0 aliphatic carbocycles. The molecule has 4 nitrogen and oxygen atoms in total. The fraction of sp³-hybridized carbons (Fsp3) is 0.875. The number of hydrogen-bond donors (Lipinski definition) is 1. The first-order valence-electron chi connectivity index (χ1n) is 4.44. The van der Waals surface area contributed by atoms with E-state index < -0.39 is 9.84 Å². The topological polar surface area (TPSA) is 49.4 Å². The highest BCUT2D eigenvalue weighted by molar-refractivity contribution is 7.91. The average Bonchev–Trinajstić information content (AvgIpc) is 2.25. The van der Waals surface area contributed by atoms with Crippen LogP contribution in [-0.4, -0.2) is 49.6 Å². The van der Waals surface area contributed by atoms with Crippen molar-refractivity contribution in [2.75, 3.05) is 25.6 Å². The zero-order valence-electron chi connectivity index (χ0n) is 8.70. The van der Waals surface area contributed by atoms with Crippen LogP contribution in [0.5, 0.6) is 0 Å². The lowest BCUT2D eigenvalue weighted by molar-refractivity contribution is 0.446. The highest BCUT2D eigenvalue weighted by Gasteiger charge is 2.38. The third-order valence-corrected chi connectivity index (χ3v) is 4.69. The van der Waals surface area contributed by atoms with Gasteiger partial charge in [-0.2, -0.15) is 0 Å². The largest absolute Gasteiger partial charge is 0.356 e. The van der Waals surface area contributed by atoms with Crippen LogP contribution in [0.15, 0.2) is 0 Å². The van der Waals surface area contributed by atoms with Gasteiger partial charge in [0.1, 0.15) is 0 Å². The van der Waals surface area contributed by atoms with E-state index in [0.29, 0.717) is 11.5 Å². The molecular weight excluding hydrogens is 220 g/mol. The van der Waals surface area contributed by atoms with E-state index in [1.165, 1.54) is 0 Å². The molecule has 0 unspecified atom stereocenters. The van der Waals surface area contributed by atoms with Gasteiger partial charge in [-0.3, -0.25) is 0 Å². The minimum absolute atomic E-state index is 0.175. The fourth-order valence-electron chi connectivity index (χ4n) is 1.48. The molecule has 0 aromatic rings. The summed E-state index contributed by atoms with van der Waals surface area (Å²) >= 11 is 5.08. The molecule has 0 aromatic carbocycles. The molecule has 1 rings (SSSR count). The molecular formula is C8H16N2O2S2. The second-order valence-electron chi connectivity index (χ2n) is 4.23. The third-order valence-electron chi connectivity index (χ3n) is 2.32. The number of nitrogens with zero attached hydrogens (tertiary/aromatic N) is 1. The quantitative estimate of drug-likeness (QED) is 0.650. The van der Waals surface area contributed by atoms with Gasteiger partial charge < -0.3 is 10.2 Å². The molecule has 14 heavy (non-hydrogen) atoms. The van der Waals surface area contributed by atoms with Crippen molar-refractivity contribution in [1.29, 1.82) is 0 Å². The summed E-state index contributed by atoms with van der Waals surface area (Å²) in [5, 5.41) is 3.68. The fourth-order valence-corrected chi connectivity index (χ4v) is 3.82. The smallest absolute Gasteiger partial charge is 0.168 e. The van der Waals surface area contributed by atoms with Crippen LogP contribution in [-0.2, 0) is 9.84 Å². The molecule has 0 amide bonds. The molecule has 1 heterocycles. The Morgan fingerprint density at radius 2 is 2.07 bits per heavy atom. The first kappa shape index (κ1) is 11.7. The summed E-state index contributed by atoms with van der Waals surface area (Å²) in [5.74, 6) is 0.431. The second kappa shape index (κ2) is 3.66. The molecule has 1 aliphatic heterocycles. The van der Waals surface area contributed by atoms with E-state index in [9.17, 15) is 8.42 Å². The van der Waals surface area contributed by atoms with Crippen molar-refractivity contribution in [3.63, 3.8) is 0 Å². The van der Waals surface area contributed by atoms with Crippen molar-refractivity contribution in [3.8, 4) is 0 Å². The van der Waals surface area contributed by atoms with Gasteiger partial charge in [-0.1, -0.05) is 0 Å². The maximum absolute atomic E-state index is 11.3. The van der Waals surface area contributed by atoms with Gasteiger partial charge >= 0.3 is 0 Å². The van der Waals surface area contributed by atoms with Crippen LogP contribution >= 0.6 is 12.2 Å². The van der Waals surface area contributed by atoms with Crippen LogP contribution in [0.4, 0.5) is 0 Å². The maximum atomic E-state index is 11.3. The van der Waals surface area contributed by atoms with Gasteiger partial charge in [0, 0.05) is 14.1 Å². The van der Waals surface area contributed by atoms with Gasteiger partial charge in [0.15, 0.2) is 14.9 Å². The summed E-state index contributed by atoms with van der Waals surface area (Å²) in [7, 11) is 0.805. The minimum atomic E-state index is -2.87. The van der Waals surface area contributed by atoms with Gasteiger partial charge in [0.25, 0.3) is 0 Å². The highest BCUT2D eigenvalue weighted by atomic mass is 32.2. The van der Waals surface area contributed by atoms with E-state index in [4.69, 9.17) is 12.2 Å². The van der Waals surface area contributed by atoms with E-state index in [-0.39, 0.29) is 17.0 Å². The van der Waals surface area contributed by atoms with Gasteiger partial charge in [0.2, 0.25) is 0 Å². The average molecular weight is 236 g/mol. The summed E-state index contributed by atoms with van der Waals surface area (Å²) in [4.78, 5) is 1.77. The predicted octanol–water partition coefficient (Wildman–Crippen LogP) is -0.000300. The predicted molar refractivity (Wildman–Crippen MR) is 61.1 cm³/mol. The number of thiocarbonyl (C=S) groups is 1. The van der Waals surface area contributed by atoms with Crippen LogP contribution in [0, 0.1) is 0 Å². The highest BCUT2D eigenvalue weighted by Crippen LogP contribution is 2.22. The maximum Gasteiger partial charge on any atom is 0.168 e. The third kappa shape index (κ3) is 2.81. The Morgan fingerprint density at radius 1 is 1.50 bits per heavy atom. The molecule has 0 saturated carbocycles. The van der Waals surface area contributed by atoms with Gasteiger partial charge in [-0.05, 0) is 25.6 Å². The standard InChI is InChI=1S/C8H16N2O2S2/c1-8(9-7(13)10(2)3)4-5-14(11,12)6-8/h4-6H2,1-3H3,(H,9,13)/t8-/m1/s1. The lowest BCUT2D eigenvalue weighted by Gasteiger charge is -2.28. The van der Waals surface area contributed by atoms with E-state index in [1.807, 2.05) is 21.0 Å². The van der Waals surface area contributed by atoms with Crippen LogP contribution < -0.4 is 5.32 Å². The van der Waals surface area contributed by atoms with Gasteiger partial charge in [-0.25, -0.2) is 8.42 Å². The molecule has 1 atom stereocenters. The van der Waals surface area contributed by atoms with E-state index in [0.717, 1.165) is 0 Å². The Labute approximate surface area is 90.6 Å². The number of hydrogen-bond acceptors (Lipinski definition) is 3. The summed E-state index contributed by atoms with van der Waals surface area (Å²) in [6.45, 7) is 1.90. The van der Waals surface area contributed by atoms with Crippen molar-refractivity contribution in [3.05, 3.63) is 0 Å². The molecule has 0 radical (unpaired) electrons. The summed E-state index contributed by atoms with van der Waals surface area (Å²) in [5.41, 5.74) is -0.389. The van der Waals surface area contributed by atoms with E-state index in [1.54, 1.807) is 4.90 Å². The molecule has 1 aliphatic rings. The molecule has 1 N–H and O–H groups in total. The SMILES string of the molecule is CN(C)C(=S)N[C@]1(C)CCS(=O)(=O)C1. The Morgan fingerprint density at radius 3 is 2.43 bits per heavy atom. The molecule has 1 saturated heterocycles. The first-order valence-corrected chi connectivity index (χ1v) is 6.67. The second-order valence-corrected chi connectivity index (χ2v) is 6.80. The van der Waals surface area contributed by atoms with E-state index in [2.05, 4.69) is 5.32 Å². The Hall–Kier alpha value is -0.360. The van der Waals surface area contributed by atoms with Crippen LogP contribution in [0.1, 0.15) is 13.3 Å². The monoisotopic (exact) mass is 236 g/mol. The van der Waals surface area contributed by atoms with Crippen molar-refractivity contribution >= 4 is 27.2 Å². The zero-order valence-corrected chi connectivity index (χ0v) is 10.3. The summed E-state index contributed by atoms with van der Waals surface area (Å²) in [6.07, 6.45) is 0.628. The van der Waals surface area contributed by atoms with Crippen molar-refractivity contribution in [1.82, 2.24) is 10.2 Å². The molecule has 1 fully saturated rings. The normalized spacial score (nSPS) is 29.9. The molecule has 6 heteroatoms. The van der Waals surface area contributed by atoms with Crippen LogP contribution in [0.25, 0.3) is 0 Å². The lowest BCUT2D eigenvalue weighted by Crippen LogP contribution is -2.50. The van der Waals surface area contributed by atoms with E-state index >= 15 is 0 Å². The Kier molecular flexibility index (Phi) is 3.06.